The standard InChI is InChI=1S/C12H18ClN5/c1-9(6-7-17(2)3)14-12-15-11-5-4-10(13)8-18(11)16-12/h4-5,8-9H,6-7H2,1-3H3,(H,14,16). The molecule has 0 aliphatic heterocycles. The summed E-state index contributed by atoms with van der Waals surface area (Å²) in [6.07, 6.45) is 2.79. The minimum Gasteiger partial charge on any atom is -0.350 e. The highest BCUT2D eigenvalue weighted by Crippen LogP contribution is 2.12. The second-order valence-corrected chi connectivity index (χ2v) is 5.16. The van der Waals surface area contributed by atoms with Crippen molar-refractivity contribution in [3.8, 4) is 0 Å². The van der Waals surface area contributed by atoms with E-state index in [4.69, 9.17) is 11.6 Å². The normalized spacial score (nSPS) is 13.2. The van der Waals surface area contributed by atoms with E-state index in [9.17, 15) is 0 Å². The van der Waals surface area contributed by atoms with Crippen molar-refractivity contribution in [2.24, 2.45) is 0 Å². The summed E-state index contributed by atoms with van der Waals surface area (Å²) in [6, 6.07) is 4.00. The molecule has 0 fully saturated rings. The van der Waals surface area contributed by atoms with Gasteiger partial charge in [0.1, 0.15) is 0 Å². The number of fused-ring (bicyclic) bond motifs is 1. The number of hydrogen-bond donors (Lipinski definition) is 1. The van der Waals surface area contributed by atoms with Gasteiger partial charge in [0.15, 0.2) is 5.65 Å². The Kier molecular flexibility index (Phi) is 4.04. The third-order valence-corrected chi connectivity index (χ3v) is 2.90. The van der Waals surface area contributed by atoms with Crippen LogP contribution in [0.1, 0.15) is 13.3 Å². The Bertz CT molecular complexity index is 522. The van der Waals surface area contributed by atoms with Gasteiger partial charge in [0.2, 0.25) is 5.95 Å². The molecule has 0 aliphatic carbocycles. The molecule has 18 heavy (non-hydrogen) atoms. The van der Waals surface area contributed by atoms with E-state index >= 15 is 0 Å². The van der Waals surface area contributed by atoms with Gasteiger partial charge in [-0.05, 0) is 46.1 Å². The smallest absolute Gasteiger partial charge is 0.243 e. The second kappa shape index (κ2) is 5.54. The first-order valence-electron chi connectivity index (χ1n) is 5.98. The minimum atomic E-state index is 0.334. The predicted molar refractivity (Wildman–Crippen MR) is 74.3 cm³/mol. The van der Waals surface area contributed by atoms with Gasteiger partial charge in [-0.2, -0.15) is 4.98 Å². The van der Waals surface area contributed by atoms with Crippen LogP contribution in [-0.4, -0.2) is 46.2 Å². The molecule has 0 amide bonds. The quantitative estimate of drug-likeness (QED) is 0.902. The molecule has 0 radical (unpaired) electrons. The Morgan fingerprint density at radius 3 is 2.94 bits per heavy atom. The van der Waals surface area contributed by atoms with Crippen LogP contribution in [0.2, 0.25) is 5.02 Å². The first kappa shape index (κ1) is 13.1. The van der Waals surface area contributed by atoms with Gasteiger partial charge in [0.25, 0.3) is 0 Å². The lowest BCUT2D eigenvalue weighted by Gasteiger charge is -2.15. The topological polar surface area (TPSA) is 45.5 Å². The van der Waals surface area contributed by atoms with E-state index < -0.39 is 0 Å². The van der Waals surface area contributed by atoms with Gasteiger partial charge < -0.3 is 10.2 Å². The van der Waals surface area contributed by atoms with E-state index in [1.807, 2.05) is 12.1 Å². The third-order valence-electron chi connectivity index (χ3n) is 2.68. The van der Waals surface area contributed by atoms with Crippen molar-refractivity contribution in [2.45, 2.75) is 19.4 Å². The average molecular weight is 268 g/mol. The summed E-state index contributed by atoms with van der Waals surface area (Å²) >= 11 is 5.90. The number of pyridine rings is 1. The molecule has 2 rings (SSSR count). The number of halogens is 1. The molecule has 0 saturated heterocycles. The molecule has 2 heterocycles. The van der Waals surface area contributed by atoms with Crippen molar-refractivity contribution in [1.82, 2.24) is 19.5 Å². The second-order valence-electron chi connectivity index (χ2n) is 4.72. The maximum Gasteiger partial charge on any atom is 0.243 e. The highest BCUT2D eigenvalue weighted by Gasteiger charge is 2.07. The summed E-state index contributed by atoms with van der Waals surface area (Å²) < 4.78 is 1.68. The number of rotatable bonds is 5. The summed E-state index contributed by atoms with van der Waals surface area (Å²) in [4.78, 5) is 6.55. The molecule has 0 bridgehead atoms. The van der Waals surface area contributed by atoms with Crippen LogP contribution in [0.15, 0.2) is 18.3 Å². The summed E-state index contributed by atoms with van der Waals surface area (Å²) in [6.45, 7) is 3.16. The fourth-order valence-electron chi connectivity index (χ4n) is 1.66. The van der Waals surface area contributed by atoms with Crippen molar-refractivity contribution in [3.63, 3.8) is 0 Å². The van der Waals surface area contributed by atoms with Gasteiger partial charge in [-0.1, -0.05) is 11.6 Å². The van der Waals surface area contributed by atoms with E-state index in [0.29, 0.717) is 17.0 Å². The first-order valence-corrected chi connectivity index (χ1v) is 6.35. The lowest BCUT2D eigenvalue weighted by Crippen LogP contribution is -2.23. The number of anilines is 1. The van der Waals surface area contributed by atoms with Crippen LogP contribution in [0.4, 0.5) is 5.95 Å². The van der Waals surface area contributed by atoms with Crippen molar-refractivity contribution in [2.75, 3.05) is 26.0 Å². The molecule has 0 spiro atoms. The molecule has 0 aliphatic rings. The molecule has 1 unspecified atom stereocenters. The summed E-state index contributed by atoms with van der Waals surface area (Å²) in [5.74, 6) is 0.642. The Balaban J connectivity index is 2.03. The lowest BCUT2D eigenvalue weighted by molar-refractivity contribution is 0.390. The number of nitrogens with zero attached hydrogens (tertiary/aromatic N) is 4. The Morgan fingerprint density at radius 2 is 2.22 bits per heavy atom. The van der Waals surface area contributed by atoms with Gasteiger partial charge in [0, 0.05) is 12.2 Å². The van der Waals surface area contributed by atoms with Crippen LogP contribution in [0.3, 0.4) is 0 Å². The van der Waals surface area contributed by atoms with Gasteiger partial charge in [-0.25, -0.2) is 4.52 Å². The van der Waals surface area contributed by atoms with E-state index in [2.05, 4.69) is 41.3 Å². The fourth-order valence-corrected chi connectivity index (χ4v) is 1.82. The molecular formula is C12H18ClN5. The van der Waals surface area contributed by atoms with Crippen molar-refractivity contribution in [3.05, 3.63) is 23.4 Å². The Morgan fingerprint density at radius 1 is 1.44 bits per heavy atom. The molecule has 5 nitrogen and oxygen atoms in total. The summed E-state index contributed by atoms with van der Waals surface area (Å²) in [5.41, 5.74) is 0.793. The fraction of sp³-hybridized carbons (Fsp3) is 0.500. The molecule has 1 atom stereocenters. The SMILES string of the molecule is CC(CCN(C)C)Nc1nc2ccc(Cl)cn2n1. The van der Waals surface area contributed by atoms with Gasteiger partial charge in [-0.3, -0.25) is 0 Å². The van der Waals surface area contributed by atoms with Crippen molar-refractivity contribution in [1.29, 1.82) is 0 Å². The van der Waals surface area contributed by atoms with Gasteiger partial charge in [0.05, 0.1) is 5.02 Å². The van der Waals surface area contributed by atoms with Gasteiger partial charge >= 0.3 is 0 Å². The first-order chi connectivity index (χ1) is 8.54. The lowest BCUT2D eigenvalue weighted by atomic mass is 10.2. The zero-order valence-electron chi connectivity index (χ0n) is 10.9. The summed E-state index contributed by atoms with van der Waals surface area (Å²) in [7, 11) is 4.13. The maximum atomic E-state index is 5.90. The monoisotopic (exact) mass is 267 g/mol. The van der Waals surface area contributed by atoms with Crippen LogP contribution in [0.25, 0.3) is 5.65 Å². The highest BCUT2D eigenvalue weighted by molar-refractivity contribution is 6.30. The van der Waals surface area contributed by atoms with Crippen LogP contribution in [0.5, 0.6) is 0 Å². The molecule has 1 N–H and O–H groups in total. The Hall–Kier alpha value is -1.33. The highest BCUT2D eigenvalue weighted by atomic mass is 35.5. The molecule has 98 valence electrons. The van der Waals surface area contributed by atoms with Gasteiger partial charge in [-0.15, -0.1) is 5.10 Å². The van der Waals surface area contributed by atoms with Crippen LogP contribution in [0, 0.1) is 0 Å². The predicted octanol–water partition coefficient (Wildman–Crippen LogP) is 2.13. The van der Waals surface area contributed by atoms with E-state index in [1.165, 1.54) is 0 Å². The molecule has 6 heteroatoms. The zero-order valence-corrected chi connectivity index (χ0v) is 11.6. The average Bonchev–Trinajstić information content (AvgIpc) is 2.67. The number of aromatic nitrogens is 3. The third kappa shape index (κ3) is 3.34. The maximum absolute atomic E-state index is 5.90. The molecule has 2 aromatic rings. The molecule has 0 aromatic carbocycles. The number of hydrogen-bond acceptors (Lipinski definition) is 4. The Labute approximate surface area is 112 Å². The van der Waals surface area contributed by atoms with Crippen molar-refractivity contribution < 1.29 is 0 Å². The molecular weight excluding hydrogens is 250 g/mol. The van der Waals surface area contributed by atoms with Crippen LogP contribution in [-0.2, 0) is 0 Å². The van der Waals surface area contributed by atoms with E-state index in [-0.39, 0.29) is 0 Å². The van der Waals surface area contributed by atoms with E-state index in [0.717, 1.165) is 18.6 Å². The zero-order chi connectivity index (χ0) is 13.1. The minimum absolute atomic E-state index is 0.334. The molecule has 2 aromatic heterocycles. The molecule has 0 saturated carbocycles. The largest absolute Gasteiger partial charge is 0.350 e. The van der Waals surface area contributed by atoms with Crippen LogP contribution >= 0.6 is 11.6 Å². The van der Waals surface area contributed by atoms with Crippen LogP contribution < -0.4 is 5.32 Å². The van der Waals surface area contributed by atoms with Crippen molar-refractivity contribution >= 4 is 23.2 Å². The summed E-state index contributed by atoms with van der Waals surface area (Å²) in [5, 5.41) is 8.28. The number of nitrogens with one attached hydrogen (secondary N) is 1. The van der Waals surface area contributed by atoms with E-state index in [1.54, 1.807) is 10.7 Å².